The van der Waals surface area contributed by atoms with E-state index in [2.05, 4.69) is 45.1 Å². The van der Waals surface area contributed by atoms with Gasteiger partial charge in [0.25, 0.3) is 0 Å². The molecule has 64 heavy (non-hydrogen) atoms. The molecule has 0 aliphatic heterocycles. The predicted molar refractivity (Wildman–Crippen MR) is 275 cm³/mol. The standard InChI is InChI=1S/C58H108O6/c1-4-7-10-13-16-19-21-23-25-27-28-29-30-32-33-35-37-39-42-45-48-51-57(60)63-54-55(53-62-56(59)50-47-44-41-18-15-12-9-6-3)64-58(61)52-49-46-43-40-38-36-34-31-26-24-22-20-17-14-11-8-5-2/h24,26-28,55H,4-23,25,29-54H2,1-3H3/b26-24-,28-27-. The summed E-state index contributed by atoms with van der Waals surface area (Å²) < 4.78 is 16.8. The summed E-state index contributed by atoms with van der Waals surface area (Å²) in [6.45, 7) is 6.64. The van der Waals surface area contributed by atoms with E-state index in [4.69, 9.17) is 14.2 Å². The van der Waals surface area contributed by atoms with Gasteiger partial charge < -0.3 is 14.2 Å². The first-order valence-corrected chi connectivity index (χ1v) is 28.3. The molecule has 0 spiro atoms. The molecule has 0 fully saturated rings. The number of esters is 3. The minimum atomic E-state index is -0.769. The van der Waals surface area contributed by atoms with Crippen molar-refractivity contribution in [2.45, 2.75) is 316 Å². The van der Waals surface area contributed by atoms with Crippen LogP contribution in [-0.4, -0.2) is 37.2 Å². The second-order valence-corrected chi connectivity index (χ2v) is 19.2. The Morgan fingerprint density at radius 3 is 0.781 bits per heavy atom. The monoisotopic (exact) mass is 901 g/mol. The highest BCUT2D eigenvalue weighted by molar-refractivity contribution is 5.71. The second-order valence-electron chi connectivity index (χ2n) is 19.2. The van der Waals surface area contributed by atoms with Crippen LogP contribution in [0.2, 0.25) is 0 Å². The van der Waals surface area contributed by atoms with E-state index >= 15 is 0 Å². The van der Waals surface area contributed by atoms with Crippen LogP contribution >= 0.6 is 0 Å². The second kappa shape index (κ2) is 53.5. The lowest BCUT2D eigenvalue weighted by molar-refractivity contribution is -0.167. The number of allylic oxidation sites excluding steroid dienone is 4. The smallest absolute Gasteiger partial charge is 0.306 e. The molecule has 1 atom stereocenters. The summed E-state index contributed by atoms with van der Waals surface area (Å²) in [4.78, 5) is 38.0. The zero-order valence-corrected chi connectivity index (χ0v) is 43.1. The Bertz CT molecular complexity index is 1040. The van der Waals surface area contributed by atoms with Crippen LogP contribution in [0.4, 0.5) is 0 Å². The van der Waals surface area contributed by atoms with Crippen molar-refractivity contribution >= 4 is 17.9 Å². The third-order valence-corrected chi connectivity index (χ3v) is 12.7. The molecule has 6 heteroatoms. The molecule has 0 aliphatic carbocycles. The van der Waals surface area contributed by atoms with E-state index in [9.17, 15) is 14.4 Å². The van der Waals surface area contributed by atoms with Crippen molar-refractivity contribution in [1.29, 1.82) is 0 Å². The molecule has 376 valence electrons. The fourth-order valence-electron chi connectivity index (χ4n) is 8.37. The van der Waals surface area contributed by atoms with Crippen LogP contribution in [0.5, 0.6) is 0 Å². The molecule has 0 aromatic heterocycles. The van der Waals surface area contributed by atoms with Gasteiger partial charge in [-0.25, -0.2) is 0 Å². The SMILES string of the molecule is CCCCCCCC/C=C\CCCCCCCCCC(=O)OC(COC(=O)CCCCCCCCCC)COC(=O)CCCCCCCCCCC/C=C\CCCCCCCCCC. The van der Waals surface area contributed by atoms with Crippen molar-refractivity contribution in [3.63, 3.8) is 0 Å². The summed E-state index contributed by atoms with van der Waals surface area (Å²) in [5, 5.41) is 0. The highest BCUT2D eigenvalue weighted by atomic mass is 16.6. The topological polar surface area (TPSA) is 78.9 Å². The number of hydrogen-bond acceptors (Lipinski definition) is 6. The largest absolute Gasteiger partial charge is 0.462 e. The zero-order valence-electron chi connectivity index (χ0n) is 43.1. The molecule has 0 N–H and O–H groups in total. The van der Waals surface area contributed by atoms with Crippen LogP contribution in [0.25, 0.3) is 0 Å². The van der Waals surface area contributed by atoms with Crippen molar-refractivity contribution in [3.8, 4) is 0 Å². The maximum Gasteiger partial charge on any atom is 0.306 e. The first-order chi connectivity index (χ1) is 31.5. The molecule has 0 rings (SSSR count). The lowest BCUT2D eigenvalue weighted by Crippen LogP contribution is -2.30. The van der Waals surface area contributed by atoms with E-state index in [-0.39, 0.29) is 31.1 Å². The predicted octanol–water partition coefficient (Wildman–Crippen LogP) is 18.7. The van der Waals surface area contributed by atoms with Crippen LogP contribution in [0.1, 0.15) is 310 Å². The molecule has 0 radical (unpaired) electrons. The van der Waals surface area contributed by atoms with Gasteiger partial charge in [-0.1, -0.05) is 244 Å². The maximum atomic E-state index is 12.8. The normalized spacial score (nSPS) is 12.1. The number of hydrogen-bond donors (Lipinski definition) is 0. The molecule has 0 aromatic carbocycles. The van der Waals surface area contributed by atoms with Gasteiger partial charge in [0.05, 0.1) is 0 Å². The summed E-state index contributed by atoms with van der Waals surface area (Å²) in [5.41, 5.74) is 0. The Hall–Kier alpha value is -2.11. The fraction of sp³-hybridized carbons (Fsp3) is 0.879. The minimum Gasteiger partial charge on any atom is -0.462 e. The highest BCUT2D eigenvalue weighted by Crippen LogP contribution is 2.16. The van der Waals surface area contributed by atoms with E-state index in [1.54, 1.807) is 0 Å². The number of carbonyl (C=O) groups excluding carboxylic acids is 3. The number of carbonyl (C=O) groups is 3. The van der Waals surface area contributed by atoms with Gasteiger partial charge in [-0.15, -0.1) is 0 Å². The van der Waals surface area contributed by atoms with Crippen LogP contribution in [0.15, 0.2) is 24.3 Å². The molecule has 0 aliphatic rings. The average Bonchev–Trinajstić information content (AvgIpc) is 3.29. The van der Waals surface area contributed by atoms with Gasteiger partial charge in [0.15, 0.2) is 6.10 Å². The van der Waals surface area contributed by atoms with E-state index < -0.39 is 6.10 Å². The molecule has 0 bridgehead atoms. The van der Waals surface area contributed by atoms with Gasteiger partial charge in [-0.05, 0) is 70.6 Å². The van der Waals surface area contributed by atoms with Crippen molar-refractivity contribution in [2.75, 3.05) is 13.2 Å². The summed E-state index contributed by atoms with van der Waals surface area (Å²) in [6, 6.07) is 0. The highest BCUT2D eigenvalue weighted by Gasteiger charge is 2.19. The number of rotatable bonds is 52. The minimum absolute atomic E-state index is 0.0703. The Balaban J connectivity index is 4.21. The van der Waals surface area contributed by atoms with Crippen LogP contribution in [0, 0.1) is 0 Å². The first kappa shape index (κ1) is 61.9. The molecular weight excluding hydrogens is 793 g/mol. The lowest BCUT2D eigenvalue weighted by atomic mass is 10.1. The molecule has 0 saturated heterocycles. The average molecular weight is 901 g/mol. The molecular formula is C58H108O6. The molecule has 0 heterocycles. The van der Waals surface area contributed by atoms with Crippen molar-refractivity contribution in [2.24, 2.45) is 0 Å². The number of ether oxygens (including phenoxy) is 3. The Morgan fingerprint density at radius 1 is 0.297 bits per heavy atom. The fourth-order valence-corrected chi connectivity index (χ4v) is 8.37. The summed E-state index contributed by atoms with van der Waals surface area (Å²) in [5.74, 6) is -0.865. The van der Waals surface area contributed by atoms with Gasteiger partial charge in [0.1, 0.15) is 13.2 Å². The van der Waals surface area contributed by atoms with E-state index in [0.29, 0.717) is 19.3 Å². The molecule has 0 amide bonds. The first-order valence-electron chi connectivity index (χ1n) is 28.3. The van der Waals surface area contributed by atoms with Gasteiger partial charge in [0.2, 0.25) is 0 Å². The Labute approximate surface area is 398 Å². The Morgan fingerprint density at radius 2 is 0.516 bits per heavy atom. The maximum absolute atomic E-state index is 12.8. The van der Waals surface area contributed by atoms with Gasteiger partial charge in [-0.2, -0.15) is 0 Å². The lowest BCUT2D eigenvalue weighted by Gasteiger charge is -2.18. The van der Waals surface area contributed by atoms with Crippen LogP contribution in [0.3, 0.4) is 0 Å². The molecule has 0 aromatic rings. The van der Waals surface area contributed by atoms with E-state index in [1.807, 2.05) is 0 Å². The molecule has 0 saturated carbocycles. The molecule has 6 nitrogen and oxygen atoms in total. The Kier molecular flexibility index (Phi) is 51.7. The van der Waals surface area contributed by atoms with Gasteiger partial charge in [-0.3, -0.25) is 14.4 Å². The summed E-state index contributed by atoms with van der Waals surface area (Å²) in [7, 11) is 0. The van der Waals surface area contributed by atoms with E-state index in [1.165, 1.54) is 212 Å². The van der Waals surface area contributed by atoms with Crippen molar-refractivity contribution in [3.05, 3.63) is 24.3 Å². The summed E-state index contributed by atoms with van der Waals surface area (Å²) >= 11 is 0. The third kappa shape index (κ3) is 50.9. The van der Waals surface area contributed by atoms with Gasteiger partial charge in [0, 0.05) is 19.3 Å². The quantitative estimate of drug-likeness (QED) is 0.0262. The van der Waals surface area contributed by atoms with E-state index in [0.717, 1.165) is 57.8 Å². The van der Waals surface area contributed by atoms with Crippen molar-refractivity contribution < 1.29 is 28.6 Å². The third-order valence-electron chi connectivity index (χ3n) is 12.7. The van der Waals surface area contributed by atoms with Crippen molar-refractivity contribution in [1.82, 2.24) is 0 Å². The summed E-state index contributed by atoms with van der Waals surface area (Å²) in [6.07, 6.45) is 61.8. The van der Waals surface area contributed by atoms with Gasteiger partial charge >= 0.3 is 17.9 Å². The zero-order chi connectivity index (χ0) is 46.5. The van der Waals surface area contributed by atoms with Crippen LogP contribution < -0.4 is 0 Å². The van der Waals surface area contributed by atoms with Crippen LogP contribution in [-0.2, 0) is 28.6 Å². The number of unbranched alkanes of at least 4 members (excludes halogenated alkanes) is 37. The molecule has 1 unspecified atom stereocenters.